The fourth-order valence-corrected chi connectivity index (χ4v) is 2.22. The predicted molar refractivity (Wildman–Crippen MR) is 81.0 cm³/mol. The monoisotopic (exact) mass is 278 g/mol. The van der Waals surface area contributed by atoms with Gasteiger partial charge in [0.2, 0.25) is 0 Å². The zero-order valence-electron chi connectivity index (χ0n) is 11.3. The van der Waals surface area contributed by atoms with Crippen LogP contribution in [-0.2, 0) is 6.54 Å². The molecule has 2 N–H and O–H groups in total. The summed E-state index contributed by atoms with van der Waals surface area (Å²) in [4.78, 5) is 16.2. The van der Waals surface area contributed by atoms with Gasteiger partial charge in [-0.3, -0.25) is 9.78 Å². The number of phenolic OH excluding ortho intramolecular Hbond substituents is 1. The highest BCUT2D eigenvalue weighted by atomic mass is 16.3. The molecule has 0 bridgehead atoms. The van der Waals surface area contributed by atoms with E-state index >= 15 is 0 Å². The molecule has 0 unspecified atom stereocenters. The van der Waals surface area contributed by atoms with Crippen molar-refractivity contribution in [1.82, 2.24) is 10.3 Å². The minimum Gasteiger partial charge on any atom is -0.506 e. The van der Waals surface area contributed by atoms with Gasteiger partial charge in [-0.05, 0) is 23.1 Å². The van der Waals surface area contributed by atoms with E-state index in [9.17, 15) is 9.90 Å². The molecule has 0 aliphatic heterocycles. The normalized spacial score (nSPS) is 10.5. The number of aromatic nitrogens is 1. The summed E-state index contributed by atoms with van der Waals surface area (Å²) in [5, 5.41) is 14.6. The molecule has 4 nitrogen and oxygen atoms in total. The van der Waals surface area contributed by atoms with E-state index in [0.717, 1.165) is 10.9 Å². The molecule has 0 saturated carbocycles. The van der Waals surface area contributed by atoms with Crippen molar-refractivity contribution in [1.29, 1.82) is 0 Å². The van der Waals surface area contributed by atoms with Crippen molar-refractivity contribution >= 4 is 16.7 Å². The Morgan fingerprint density at radius 3 is 2.76 bits per heavy atom. The first kappa shape index (κ1) is 13.1. The molecule has 0 aliphatic carbocycles. The number of pyridine rings is 1. The Morgan fingerprint density at radius 2 is 1.95 bits per heavy atom. The van der Waals surface area contributed by atoms with Gasteiger partial charge in [0.15, 0.2) is 0 Å². The van der Waals surface area contributed by atoms with E-state index in [1.165, 1.54) is 0 Å². The number of fused-ring (bicyclic) bond motifs is 1. The van der Waals surface area contributed by atoms with E-state index in [0.29, 0.717) is 11.9 Å². The summed E-state index contributed by atoms with van der Waals surface area (Å²) in [6.45, 7) is 0.374. The number of benzene rings is 2. The largest absolute Gasteiger partial charge is 0.506 e. The van der Waals surface area contributed by atoms with E-state index in [1.54, 1.807) is 24.5 Å². The lowest BCUT2D eigenvalue weighted by Crippen LogP contribution is -2.22. The van der Waals surface area contributed by atoms with Crippen LogP contribution in [0.3, 0.4) is 0 Å². The molecule has 0 spiro atoms. The molecule has 1 heterocycles. The van der Waals surface area contributed by atoms with Crippen molar-refractivity contribution in [2.75, 3.05) is 0 Å². The smallest absolute Gasteiger partial charge is 0.255 e. The van der Waals surface area contributed by atoms with Gasteiger partial charge in [0, 0.05) is 24.3 Å². The second-order valence-corrected chi connectivity index (χ2v) is 4.73. The molecule has 0 saturated heterocycles. The van der Waals surface area contributed by atoms with Crippen molar-refractivity contribution in [2.24, 2.45) is 0 Å². The lowest BCUT2D eigenvalue weighted by atomic mass is 10.0. The van der Waals surface area contributed by atoms with Crippen molar-refractivity contribution in [3.05, 3.63) is 72.1 Å². The summed E-state index contributed by atoms with van der Waals surface area (Å²) in [6, 6.07) is 14.6. The number of phenols is 1. The lowest BCUT2D eigenvalue weighted by molar-refractivity contribution is 0.0948. The van der Waals surface area contributed by atoms with Crippen LogP contribution in [0.5, 0.6) is 5.75 Å². The Hall–Kier alpha value is -2.88. The van der Waals surface area contributed by atoms with Crippen LogP contribution < -0.4 is 5.32 Å². The van der Waals surface area contributed by atoms with E-state index in [-0.39, 0.29) is 17.2 Å². The predicted octanol–water partition coefficient (Wildman–Crippen LogP) is 2.87. The highest BCUT2D eigenvalue weighted by molar-refractivity contribution is 6.03. The molecule has 1 aromatic heterocycles. The average Bonchev–Trinajstić information content (AvgIpc) is 2.54. The molecule has 4 heteroatoms. The van der Waals surface area contributed by atoms with Gasteiger partial charge in [-0.15, -0.1) is 0 Å². The third kappa shape index (κ3) is 2.69. The Morgan fingerprint density at radius 1 is 1.10 bits per heavy atom. The van der Waals surface area contributed by atoms with Crippen molar-refractivity contribution in [2.45, 2.75) is 6.54 Å². The second-order valence-electron chi connectivity index (χ2n) is 4.73. The van der Waals surface area contributed by atoms with E-state index in [4.69, 9.17) is 0 Å². The fraction of sp³-hybridized carbons (Fsp3) is 0.0588. The molecule has 2 aromatic carbocycles. The van der Waals surface area contributed by atoms with Crippen LogP contribution in [0.2, 0.25) is 0 Å². The van der Waals surface area contributed by atoms with Gasteiger partial charge >= 0.3 is 0 Å². The first-order valence-corrected chi connectivity index (χ1v) is 6.63. The number of hydrogen-bond acceptors (Lipinski definition) is 3. The topological polar surface area (TPSA) is 62.2 Å². The zero-order valence-corrected chi connectivity index (χ0v) is 11.3. The van der Waals surface area contributed by atoms with Crippen LogP contribution in [0, 0.1) is 0 Å². The molecule has 3 aromatic rings. The molecule has 0 fully saturated rings. The van der Waals surface area contributed by atoms with Crippen molar-refractivity contribution in [3.8, 4) is 5.75 Å². The average molecular weight is 278 g/mol. The third-order valence-corrected chi connectivity index (χ3v) is 3.32. The van der Waals surface area contributed by atoms with Crippen LogP contribution in [0.1, 0.15) is 15.9 Å². The van der Waals surface area contributed by atoms with Crippen LogP contribution in [0.25, 0.3) is 10.8 Å². The maximum absolute atomic E-state index is 12.2. The van der Waals surface area contributed by atoms with Crippen LogP contribution in [0.15, 0.2) is 60.9 Å². The molecular formula is C17H14N2O2. The maximum Gasteiger partial charge on any atom is 0.255 e. The SMILES string of the molecule is O=C(NCc1cccnc1)c1ccc2ccccc2c1O. The number of hydrogen-bond donors (Lipinski definition) is 2. The van der Waals surface area contributed by atoms with E-state index in [2.05, 4.69) is 10.3 Å². The molecule has 0 aliphatic rings. The number of aromatic hydroxyl groups is 1. The summed E-state index contributed by atoms with van der Waals surface area (Å²) < 4.78 is 0. The summed E-state index contributed by atoms with van der Waals surface area (Å²) in [5.41, 5.74) is 1.18. The molecule has 3 rings (SSSR count). The first-order valence-electron chi connectivity index (χ1n) is 6.63. The first-order chi connectivity index (χ1) is 10.3. The van der Waals surface area contributed by atoms with Gasteiger partial charge in [0.1, 0.15) is 5.75 Å². The van der Waals surface area contributed by atoms with Crippen LogP contribution in [0.4, 0.5) is 0 Å². The standard InChI is InChI=1S/C17H14N2O2/c20-16-14-6-2-1-5-13(14)7-8-15(16)17(21)19-11-12-4-3-9-18-10-12/h1-10,20H,11H2,(H,19,21). The number of carbonyl (C=O) groups excluding carboxylic acids is 1. The third-order valence-electron chi connectivity index (χ3n) is 3.32. The van der Waals surface area contributed by atoms with E-state index in [1.807, 2.05) is 36.4 Å². The molecule has 0 radical (unpaired) electrons. The quantitative estimate of drug-likeness (QED) is 0.774. The molecule has 1 amide bonds. The summed E-state index contributed by atoms with van der Waals surface area (Å²) >= 11 is 0. The van der Waals surface area contributed by atoms with Crippen molar-refractivity contribution in [3.63, 3.8) is 0 Å². The zero-order chi connectivity index (χ0) is 14.7. The highest BCUT2D eigenvalue weighted by Crippen LogP contribution is 2.28. The number of carbonyl (C=O) groups is 1. The number of nitrogens with zero attached hydrogens (tertiary/aromatic N) is 1. The van der Waals surface area contributed by atoms with Gasteiger partial charge in [0.25, 0.3) is 5.91 Å². The highest BCUT2D eigenvalue weighted by Gasteiger charge is 2.13. The molecule has 21 heavy (non-hydrogen) atoms. The fourth-order valence-electron chi connectivity index (χ4n) is 2.22. The number of amides is 1. The lowest BCUT2D eigenvalue weighted by Gasteiger charge is -2.09. The minimum absolute atomic E-state index is 0.0109. The summed E-state index contributed by atoms with van der Waals surface area (Å²) in [7, 11) is 0. The Balaban J connectivity index is 1.83. The van der Waals surface area contributed by atoms with Gasteiger partial charge in [0.05, 0.1) is 5.56 Å². The number of nitrogens with one attached hydrogen (secondary N) is 1. The Labute approximate surface area is 122 Å². The second kappa shape index (κ2) is 5.63. The summed E-state index contributed by atoms with van der Waals surface area (Å²) in [6.07, 6.45) is 3.38. The van der Waals surface area contributed by atoms with Gasteiger partial charge in [-0.2, -0.15) is 0 Å². The van der Waals surface area contributed by atoms with Gasteiger partial charge in [-0.25, -0.2) is 0 Å². The van der Waals surface area contributed by atoms with Crippen LogP contribution in [-0.4, -0.2) is 16.0 Å². The Kier molecular flexibility index (Phi) is 3.51. The molecule has 104 valence electrons. The van der Waals surface area contributed by atoms with Gasteiger partial charge < -0.3 is 10.4 Å². The molecule has 0 atom stereocenters. The summed E-state index contributed by atoms with van der Waals surface area (Å²) in [5.74, 6) is -0.293. The molecular weight excluding hydrogens is 264 g/mol. The van der Waals surface area contributed by atoms with Crippen molar-refractivity contribution < 1.29 is 9.90 Å². The maximum atomic E-state index is 12.2. The van der Waals surface area contributed by atoms with Crippen LogP contribution >= 0.6 is 0 Å². The van der Waals surface area contributed by atoms with E-state index < -0.39 is 0 Å². The Bertz CT molecular complexity index is 785. The number of rotatable bonds is 3. The minimum atomic E-state index is -0.304. The van der Waals surface area contributed by atoms with Gasteiger partial charge in [-0.1, -0.05) is 36.4 Å².